The van der Waals surface area contributed by atoms with Crippen molar-refractivity contribution in [3.8, 4) is 0 Å². The molecule has 0 heterocycles. The molecule has 1 atom stereocenters. The van der Waals surface area contributed by atoms with Crippen LogP contribution in [0.15, 0.2) is 18.2 Å². The molecule has 3 nitrogen and oxygen atoms in total. The van der Waals surface area contributed by atoms with Gasteiger partial charge < -0.3 is 10.2 Å². The number of carboxylic acid groups (broad SMARTS) is 1. The minimum Gasteiger partial charge on any atom is -0.479 e. The summed E-state index contributed by atoms with van der Waals surface area (Å²) in [5, 5.41) is 18.1. The maximum Gasteiger partial charge on any atom is 0.337 e. The lowest BCUT2D eigenvalue weighted by atomic mass is 9.98. The maximum absolute atomic E-state index is 13.5. The van der Waals surface area contributed by atoms with Crippen LogP contribution in [0.1, 0.15) is 23.7 Å². The van der Waals surface area contributed by atoms with Gasteiger partial charge in [-0.15, -0.1) is 11.6 Å². The Balaban J connectivity index is 3.06. The van der Waals surface area contributed by atoms with E-state index in [2.05, 4.69) is 0 Å². The first-order valence-corrected chi connectivity index (χ1v) is 5.35. The zero-order valence-corrected chi connectivity index (χ0v) is 9.25. The zero-order valence-electron chi connectivity index (χ0n) is 8.49. The van der Waals surface area contributed by atoms with Crippen molar-refractivity contribution in [1.29, 1.82) is 0 Å². The Morgan fingerprint density at radius 2 is 2.19 bits per heavy atom. The number of alkyl halides is 1. The molecule has 5 heteroatoms. The molecule has 1 unspecified atom stereocenters. The largest absolute Gasteiger partial charge is 0.479 e. The van der Waals surface area contributed by atoms with Gasteiger partial charge in [0, 0.05) is 5.88 Å². The number of carboxylic acids is 1. The van der Waals surface area contributed by atoms with Gasteiger partial charge in [0.15, 0.2) is 6.10 Å². The second-order valence-electron chi connectivity index (χ2n) is 3.34. The smallest absolute Gasteiger partial charge is 0.337 e. The van der Waals surface area contributed by atoms with Crippen molar-refractivity contribution >= 4 is 17.6 Å². The average Bonchev–Trinajstić information content (AvgIpc) is 2.26. The summed E-state index contributed by atoms with van der Waals surface area (Å²) in [6.45, 7) is 0. The summed E-state index contributed by atoms with van der Waals surface area (Å²) in [5.74, 6) is -1.54. The molecule has 1 aromatic rings. The van der Waals surface area contributed by atoms with E-state index in [0.717, 1.165) is 0 Å². The van der Waals surface area contributed by atoms with Crippen LogP contribution in [0.2, 0.25) is 0 Å². The standard InChI is InChI=1S/C11H12ClFO3/c12-6-2-4-7-8(10(14)11(15)16)3-1-5-9(7)13/h1,3,5,10,14H,2,4,6H2,(H,15,16). The zero-order chi connectivity index (χ0) is 12.1. The highest BCUT2D eigenvalue weighted by Crippen LogP contribution is 2.22. The average molecular weight is 247 g/mol. The third-order valence-electron chi connectivity index (χ3n) is 2.24. The van der Waals surface area contributed by atoms with E-state index in [9.17, 15) is 14.3 Å². The molecule has 88 valence electrons. The van der Waals surface area contributed by atoms with Gasteiger partial charge >= 0.3 is 5.97 Å². The lowest BCUT2D eigenvalue weighted by Crippen LogP contribution is -2.13. The van der Waals surface area contributed by atoms with E-state index in [1.807, 2.05) is 0 Å². The fraction of sp³-hybridized carbons (Fsp3) is 0.364. The van der Waals surface area contributed by atoms with Gasteiger partial charge in [-0.3, -0.25) is 0 Å². The van der Waals surface area contributed by atoms with Crippen LogP contribution in [0.3, 0.4) is 0 Å². The van der Waals surface area contributed by atoms with Crippen molar-refractivity contribution < 1.29 is 19.4 Å². The second-order valence-corrected chi connectivity index (χ2v) is 3.72. The fourth-order valence-electron chi connectivity index (χ4n) is 1.47. The van der Waals surface area contributed by atoms with E-state index in [4.69, 9.17) is 16.7 Å². The molecule has 1 aromatic carbocycles. The lowest BCUT2D eigenvalue weighted by Gasteiger charge is -2.12. The number of aliphatic hydroxyl groups is 1. The van der Waals surface area contributed by atoms with Crippen LogP contribution in [0, 0.1) is 5.82 Å². The molecular weight excluding hydrogens is 235 g/mol. The molecule has 0 aromatic heterocycles. The molecule has 0 saturated carbocycles. The summed E-state index contributed by atoms with van der Waals surface area (Å²) in [4.78, 5) is 10.6. The van der Waals surface area contributed by atoms with Crippen LogP contribution in [-0.4, -0.2) is 22.1 Å². The van der Waals surface area contributed by atoms with Gasteiger partial charge in [-0.1, -0.05) is 12.1 Å². The van der Waals surface area contributed by atoms with Gasteiger partial charge in [0.25, 0.3) is 0 Å². The van der Waals surface area contributed by atoms with E-state index in [-0.39, 0.29) is 11.1 Å². The molecule has 16 heavy (non-hydrogen) atoms. The molecule has 0 aliphatic rings. The summed E-state index contributed by atoms with van der Waals surface area (Å²) >= 11 is 5.50. The van der Waals surface area contributed by atoms with Crippen LogP contribution in [-0.2, 0) is 11.2 Å². The maximum atomic E-state index is 13.5. The molecule has 0 bridgehead atoms. The van der Waals surface area contributed by atoms with E-state index < -0.39 is 17.9 Å². The first-order valence-electron chi connectivity index (χ1n) is 4.82. The quantitative estimate of drug-likeness (QED) is 0.783. The highest BCUT2D eigenvalue weighted by Gasteiger charge is 2.21. The van der Waals surface area contributed by atoms with Gasteiger partial charge in [-0.05, 0) is 30.0 Å². The van der Waals surface area contributed by atoms with Crippen LogP contribution >= 0.6 is 11.6 Å². The molecule has 2 N–H and O–H groups in total. The Kier molecular flexibility index (Phi) is 4.71. The first-order chi connectivity index (χ1) is 7.57. The molecule has 0 saturated heterocycles. The van der Waals surface area contributed by atoms with Crippen molar-refractivity contribution in [2.45, 2.75) is 18.9 Å². The van der Waals surface area contributed by atoms with E-state index in [0.29, 0.717) is 18.7 Å². The third-order valence-corrected chi connectivity index (χ3v) is 2.51. The number of benzene rings is 1. The van der Waals surface area contributed by atoms with Crippen molar-refractivity contribution in [2.75, 3.05) is 5.88 Å². The molecule has 0 fully saturated rings. The number of halogens is 2. The minimum atomic E-state index is -1.69. The molecule has 1 rings (SSSR count). The summed E-state index contributed by atoms with van der Waals surface area (Å²) in [7, 11) is 0. The van der Waals surface area contributed by atoms with Gasteiger partial charge in [-0.25, -0.2) is 9.18 Å². The Morgan fingerprint density at radius 3 is 2.75 bits per heavy atom. The Hall–Kier alpha value is -1.13. The second kappa shape index (κ2) is 5.82. The summed E-state index contributed by atoms with van der Waals surface area (Å²) < 4.78 is 13.5. The topological polar surface area (TPSA) is 57.5 Å². The molecule has 0 aliphatic carbocycles. The lowest BCUT2D eigenvalue weighted by molar-refractivity contribution is -0.147. The molecular formula is C11H12ClFO3. The molecule has 0 aliphatic heterocycles. The van der Waals surface area contributed by atoms with E-state index in [1.54, 1.807) is 0 Å². The Bertz CT molecular complexity index is 381. The van der Waals surface area contributed by atoms with E-state index in [1.165, 1.54) is 18.2 Å². The van der Waals surface area contributed by atoms with Crippen molar-refractivity contribution in [1.82, 2.24) is 0 Å². The predicted molar refractivity (Wildman–Crippen MR) is 58.0 cm³/mol. The highest BCUT2D eigenvalue weighted by atomic mass is 35.5. The Morgan fingerprint density at radius 1 is 1.50 bits per heavy atom. The summed E-state index contributed by atoms with van der Waals surface area (Å²) in [6, 6.07) is 4.02. The van der Waals surface area contributed by atoms with Crippen molar-refractivity contribution in [2.24, 2.45) is 0 Å². The van der Waals surface area contributed by atoms with Crippen molar-refractivity contribution in [3.05, 3.63) is 35.1 Å². The Labute approximate surface area is 97.5 Å². The van der Waals surface area contributed by atoms with Crippen LogP contribution in [0.5, 0.6) is 0 Å². The predicted octanol–water partition coefficient (Wildman–Crippen LogP) is 2.12. The number of hydrogen-bond acceptors (Lipinski definition) is 2. The number of hydrogen-bond donors (Lipinski definition) is 2. The van der Waals surface area contributed by atoms with Crippen LogP contribution in [0.25, 0.3) is 0 Å². The monoisotopic (exact) mass is 246 g/mol. The summed E-state index contributed by atoms with van der Waals surface area (Å²) in [5.41, 5.74) is 0.315. The number of aliphatic hydroxyl groups excluding tert-OH is 1. The minimum absolute atomic E-state index is 0.0950. The number of rotatable bonds is 5. The summed E-state index contributed by atoms with van der Waals surface area (Å²) in [6.07, 6.45) is -0.849. The normalized spacial score (nSPS) is 12.4. The fourth-order valence-corrected chi connectivity index (χ4v) is 1.61. The van der Waals surface area contributed by atoms with E-state index >= 15 is 0 Å². The van der Waals surface area contributed by atoms with Crippen molar-refractivity contribution in [3.63, 3.8) is 0 Å². The molecule has 0 amide bonds. The van der Waals surface area contributed by atoms with Gasteiger partial charge in [0.2, 0.25) is 0 Å². The van der Waals surface area contributed by atoms with Gasteiger partial charge in [-0.2, -0.15) is 0 Å². The number of carbonyl (C=O) groups is 1. The SMILES string of the molecule is O=C(O)C(O)c1cccc(F)c1CCCCl. The number of aliphatic carboxylic acids is 1. The first kappa shape index (κ1) is 12.9. The third kappa shape index (κ3) is 2.93. The molecule has 0 radical (unpaired) electrons. The molecule has 0 spiro atoms. The van der Waals surface area contributed by atoms with Gasteiger partial charge in [0.1, 0.15) is 5.82 Å². The van der Waals surface area contributed by atoms with Crippen LogP contribution in [0.4, 0.5) is 4.39 Å². The van der Waals surface area contributed by atoms with Crippen LogP contribution < -0.4 is 0 Å². The highest BCUT2D eigenvalue weighted by molar-refractivity contribution is 6.17. The van der Waals surface area contributed by atoms with Gasteiger partial charge in [0.05, 0.1) is 0 Å².